The lowest BCUT2D eigenvalue weighted by molar-refractivity contribution is 0.0491. The van der Waals surface area contributed by atoms with Crippen molar-refractivity contribution in [1.82, 2.24) is 0 Å². The van der Waals surface area contributed by atoms with Gasteiger partial charge in [0.15, 0.2) is 0 Å². The Morgan fingerprint density at radius 3 is 2.69 bits per heavy atom. The van der Waals surface area contributed by atoms with E-state index in [1.54, 1.807) is 6.92 Å². The fourth-order valence-electron chi connectivity index (χ4n) is 1.57. The van der Waals surface area contributed by atoms with Gasteiger partial charge in [-0.3, -0.25) is 0 Å². The Labute approximate surface area is 99.8 Å². The third kappa shape index (κ3) is 2.04. The van der Waals surface area contributed by atoms with Crippen LogP contribution in [0.15, 0.2) is 28.7 Å². The van der Waals surface area contributed by atoms with Crippen LogP contribution in [-0.4, -0.2) is 12.6 Å². The molecule has 0 N–H and O–H groups in total. The third-order valence-electron chi connectivity index (χ3n) is 2.30. The maximum absolute atomic E-state index is 11.5. The van der Waals surface area contributed by atoms with Crippen molar-refractivity contribution in [3.63, 3.8) is 0 Å². The van der Waals surface area contributed by atoms with Crippen LogP contribution >= 0.6 is 12.4 Å². The number of furan rings is 1. The zero-order valence-electron chi connectivity index (χ0n) is 9.15. The molecule has 3 nitrogen and oxygen atoms in total. The number of rotatable bonds is 2. The van der Waals surface area contributed by atoms with E-state index in [1.165, 1.54) is 0 Å². The first-order chi connectivity index (χ1) is 7.24. The minimum atomic E-state index is -0.397. The Morgan fingerprint density at radius 1 is 1.38 bits per heavy atom. The van der Waals surface area contributed by atoms with E-state index in [1.807, 2.05) is 31.2 Å². The summed E-state index contributed by atoms with van der Waals surface area (Å²) in [4.78, 5) is 11.5. The van der Waals surface area contributed by atoms with Crippen LogP contribution in [0.4, 0.5) is 0 Å². The van der Waals surface area contributed by atoms with Crippen LogP contribution in [0.25, 0.3) is 11.0 Å². The van der Waals surface area contributed by atoms with Gasteiger partial charge < -0.3 is 9.15 Å². The molecule has 0 aliphatic heterocycles. The van der Waals surface area contributed by atoms with Gasteiger partial charge in [-0.1, -0.05) is 18.2 Å². The van der Waals surface area contributed by atoms with E-state index in [-0.39, 0.29) is 12.4 Å². The lowest BCUT2D eigenvalue weighted by Gasteiger charge is -1.97. The van der Waals surface area contributed by atoms with Gasteiger partial charge in [0, 0.05) is 10.9 Å². The lowest BCUT2D eigenvalue weighted by Crippen LogP contribution is -2.04. The van der Waals surface area contributed by atoms with Gasteiger partial charge >= 0.3 is 5.97 Å². The smallest absolute Gasteiger partial charge is 0.374 e. The van der Waals surface area contributed by atoms with Crippen molar-refractivity contribution in [3.05, 3.63) is 35.6 Å². The summed E-state index contributed by atoms with van der Waals surface area (Å²) >= 11 is 0. The van der Waals surface area contributed by atoms with Crippen LogP contribution in [0.3, 0.4) is 0 Å². The second-order valence-electron chi connectivity index (χ2n) is 3.27. The third-order valence-corrected chi connectivity index (χ3v) is 2.30. The molecule has 0 saturated heterocycles. The number of benzene rings is 1. The Kier molecular flexibility index (Phi) is 3.96. The molecule has 1 aromatic heterocycles. The highest BCUT2D eigenvalue weighted by atomic mass is 35.5. The zero-order valence-corrected chi connectivity index (χ0v) is 9.97. The van der Waals surface area contributed by atoms with Crippen molar-refractivity contribution in [1.29, 1.82) is 0 Å². The molecule has 0 radical (unpaired) electrons. The number of aryl methyl sites for hydroxylation is 1. The summed E-state index contributed by atoms with van der Waals surface area (Å²) in [6, 6.07) is 7.56. The SMILES string of the molecule is CCOC(=O)c1oc2ccccc2c1C.Cl. The van der Waals surface area contributed by atoms with Crippen LogP contribution in [-0.2, 0) is 4.74 Å². The second kappa shape index (κ2) is 5.03. The summed E-state index contributed by atoms with van der Waals surface area (Å²) in [6.07, 6.45) is 0. The molecular weight excluding hydrogens is 228 g/mol. The zero-order chi connectivity index (χ0) is 10.8. The van der Waals surface area contributed by atoms with Gasteiger partial charge in [-0.05, 0) is 19.9 Å². The molecule has 86 valence electrons. The van der Waals surface area contributed by atoms with Gasteiger partial charge in [0.05, 0.1) is 6.61 Å². The van der Waals surface area contributed by atoms with Crippen molar-refractivity contribution in [2.75, 3.05) is 6.61 Å². The summed E-state index contributed by atoms with van der Waals surface area (Å²) in [5.74, 6) is -0.0933. The first kappa shape index (κ1) is 12.6. The van der Waals surface area contributed by atoms with Crippen molar-refractivity contribution < 1.29 is 13.9 Å². The number of esters is 1. The number of ether oxygens (including phenoxy) is 1. The molecule has 1 aromatic carbocycles. The van der Waals surface area contributed by atoms with Crippen LogP contribution in [0.1, 0.15) is 23.0 Å². The summed E-state index contributed by atoms with van der Waals surface area (Å²) in [5, 5.41) is 0.959. The van der Waals surface area contributed by atoms with Crippen molar-refractivity contribution in [2.45, 2.75) is 13.8 Å². The predicted octanol–water partition coefficient (Wildman–Crippen LogP) is 3.34. The number of halogens is 1. The summed E-state index contributed by atoms with van der Waals surface area (Å²) in [7, 11) is 0. The molecular formula is C12H13ClO3. The van der Waals surface area contributed by atoms with Crippen LogP contribution in [0.5, 0.6) is 0 Å². The topological polar surface area (TPSA) is 39.4 Å². The summed E-state index contributed by atoms with van der Waals surface area (Å²) < 4.78 is 10.3. The minimum Gasteiger partial charge on any atom is -0.460 e. The Bertz CT molecular complexity index is 502. The van der Waals surface area contributed by atoms with E-state index in [9.17, 15) is 4.79 Å². The predicted molar refractivity (Wildman–Crippen MR) is 64.2 cm³/mol. The molecule has 0 spiro atoms. The average Bonchev–Trinajstić information content (AvgIpc) is 2.57. The second-order valence-corrected chi connectivity index (χ2v) is 3.27. The van der Waals surface area contributed by atoms with Crippen LogP contribution in [0.2, 0.25) is 0 Å². The van der Waals surface area contributed by atoms with Gasteiger partial charge in [-0.2, -0.15) is 0 Å². The first-order valence-corrected chi connectivity index (χ1v) is 4.89. The largest absolute Gasteiger partial charge is 0.460 e. The molecule has 0 atom stereocenters. The van der Waals surface area contributed by atoms with E-state index in [0.29, 0.717) is 12.4 Å². The first-order valence-electron chi connectivity index (χ1n) is 4.89. The van der Waals surface area contributed by atoms with E-state index < -0.39 is 5.97 Å². The number of hydrogen-bond acceptors (Lipinski definition) is 3. The van der Waals surface area contributed by atoms with E-state index >= 15 is 0 Å². The normalized spacial score (nSPS) is 9.88. The average molecular weight is 241 g/mol. The Morgan fingerprint density at radius 2 is 2.06 bits per heavy atom. The molecule has 0 aliphatic rings. The fraction of sp³-hybridized carbons (Fsp3) is 0.250. The van der Waals surface area contributed by atoms with Crippen molar-refractivity contribution in [3.8, 4) is 0 Å². The fourth-order valence-corrected chi connectivity index (χ4v) is 1.57. The monoisotopic (exact) mass is 240 g/mol. The molecule has 0 bridgehead atoms. The van der Waals surface area contributed by atoms with Gasteiger partial charge in [0.25, 0.3) is 0 Å². The van der Waals surface area contributed by atoms with Crippen LogP contribution < -0.4 is 0 Å². The summed E-state index contributed by atoms with van der Waals surface area (Å²) in [5.41, 5.74) is 1.56. The molecule has 0 saturated carbocycles. The molecule has 0 aliphatic carbocycles. The Hall–Kier alpha value is -1.48. The number of carbonyl (C=O) groups excluding carboxylic acids is 1. The highest BCUT2D eigenvalue weighted by molar-refractivity contribution is 5.95. The number of fused-ring (bicyclic) bond motifs is 1. The van der Waals surface area contributed by atoms with Gasteiger partial charge in [0.1, 0.15) is 5.58 Å². The van der Waals surface area contributed by atoms with Gasteiger partial charge in [-0.25, -0.2) is 4.79 Å². The Balaban J connectivity index is 0.00000128. The molecule has 16 heavy (non-hydrogen) atoms. The molecule has 2 rings (SSSR count). The summed E-state index contributed by atoms with van der Waals surface area (Å²) in [6.45, 7) is 3.99. The molecule has 0 unspecified atom stereocenters. The van der Waals surface area contributed by atoms with Crippen molar-refractivity contribution >= 4 is 29.3 Å². The molecule has 2 aromatic rings. The maximum Gasteiger partial charge on any atom is 0.374 e. The van der Waals surface area contributed by atoms with E-state index in [0.717, 1.165) is 16.5 Å². The molecule has 0 fully saturated rings. The quantitative estimate of drug-likeness (QED) is 0.756. The van der Waals surface area contributed by atoms with E-state index in [2.05, 4.69) is 0 Å². The van der Waals surface area contributed by atoms with Gasteiger partial charge in [0.2, 0.25) is 5.76 Å². The standard InChI is InChI=1S/C12H12O3.ClH/c1-3-14-12(13)11-8(2)9-6-4-5-7-10(9)15-11;/h4-7H,3H2,1-2H3;1H. The van der Waals surface area contributed by atoms with Gasteiger partial charge in [-0.15, -0.1) is 12.4 Å². The molecule has 1 heterocycles. The minimum absolute atomic E-state index is 0. The highest BCUT2D eigenvalue weighted by Crippen LogP contribution is 2.25. The number of carbonyl (C=O) groups is 1. The highest BCUT2D eigenvalue weighted by Gasteiger charge is 2.17. The van der Waals surface area contributed by atoms with E-state index in [4.69, 9.17) is 9.15 Å². The maximum atomic E-state index is 11.5. The van der Waals surface area contributed by atoms with Crippen LogP contribution in [0, 0.1) is 6.92 Å². The number of hydrogen-bond donors (Lipinski definition) is 0. The molecule has 0 amide bonds. The van der Waals surface area contributed by atoms with Crippen molar-refractivity contribution in [2.24, 2.45) is 0 Å². The molecule has 4 heteroatoms. The number of para-hydroxylation sites is 1. The lowest BCUT2D eigenvalue weighted by atomic mass is 10.1.